The summed E-state index contributed by atoms with van der Waals surface area (Å²) in [5, 5.41) is 1.95. The molecule has 0 aliphatic heterocycles. The number of ketones is 1. The highest BCUT2D eigenvalue weighted by Gasteiger charge is 2.12. The van der Waals surface area contributed by atoms with Gasteiger partial charge in [0.05, 0.1) is 0 Å². The fraction of sp³-hybridized carbons (Fsp3) is 0.200. The van der Waals surface area contributed by atoms with E-state index in [9.17, 15) is 4.79 Å². The minimum Gasteiger partial charge on any atom is -0.289 e. The van der Waals surface area contributed by atoms with E-state index in [0.717, 1.165) is 22.8 Å². The number of aromatic nitrogens is 1. The summed E-state index contributed by atoms with van der Waals surface area (Å²) in [5.41, 5.74) is 2.67. The molecule has 0 aliphatic rings. The smallest absolute Gasteiger partial charge is 0.195 e. The molecular weight excluding hydrogens is 270 g/mol. The van der Waals surface area contributed by atoms with Crippen molar-refractivity contribution < 1.29 is 4.79 Å². The average molecular weight is 289 g/mol. The number of nitrogens with zero attached hydrogens (tertiary/aromatic N) is 1. The summed E-state index contributed by atoms with van der Waals surface area (Å²) >= 11 is 0. The van der Waals surface area contributed by atoms with Crippen LogP contribution in [0.2, 0.25) is 0 Å². The fourth-order valence-electron chi connectivity index (χ4n) is 2.66. The Morgan fingerprint density at radius 3 is 2.55 bits per heavy atom. The highest BCUT2D eigenvalue weighted by atomic mass is 16.1. The molecule has 0 atom stereocenters. The molecule has 0 unspecified atom stereocenters. The van der Waals surface area contributed by atoms with Gasteiger partial charge in [0.25, 0.3) is 0 Å². The second-order valence-corrected chi connectivity index (χ2v) is 5.54. The van der Waals surface area contributed by atoms with E-state index in [1.54, 1.807) is 12.4 Å². The highest BCUT2D eigenvalue weighted by Crippen LogP contribution is 2.20. The zero-order valence-electron chi connectivity index (χ0n) is 12.8. The number of benzene rings is 2. The number of hydrogen-bond donors (Lipinski definition) is 0. The summed E-state index contributed by atoms with van der Waals surface area (Å²) in [7, 11) is 0. The van der Waals surface area contributed by atoms with Gasteiger partial charge in [0, 0.05) is 28.9 Å². The van der Waals surface area contributed by atoms with E-state index in [1.165, 1.54) is 18.4 Å². The van der Waals surface area contributed by atoms with Crippen molar-refractivity contribution in [2.24, 2.45) is 0 Å². The SMILES string of the molecule is CCCCc1ccc(C(=O)c2cncc3ccccc23)cc1. The van der Waals surface area contributed by atoms with Crippen molar-refractivity contribution in [3.63, 3.8) is 0 Å². The largest absolute Gasteiger partial charge is 0.289 e. The molecule has 0 saturated heterocycles. The number of unbranched alkanes of at least 4 members (excludes halogenated alkanes) is 1. The molecule has 0 amide bonds. The topological polar surface area (TPSA) is 30.0 Å². The Bertz CT molecular complexity index is 785. The lowest BCUT2D eigenvalue weighted by Crippen LogP contribution is -2.03. The first-order valence-electron chi connectivity index (χ1n) is 7.76. The van der Waals surface area contributed by atoms with Gasteiger partial charge >= 0.3 is 0 Å². The van der Waals surface area contributed by atoms with Crippen molar-refractivity contribution in [3.05, 3.63) is 77.6 Å². The molecule has 3 rings (SSSR count). The number of hydrogen-bond acceptors (Lipinski definition) is 2. The first-order chi connectivity index (χ1) is 10.8. The number of pyridine rings is 1. The Kier molecular flexibility index (Phi) is 4.29. The fourth-order valence-corrected chi connectivity index (χ4v) is 2.66. The molecule has 2 heteroatoms. The van der Waals surface area contributed by atoms with Crippen LogP contribution in [0, 0.1) is 0 Å². The van der Waals surface area contributed by atoms with Gasteiger partial charge in [-0.05, 0) is 23.8 Å². The third-order valence-corrected chi connectivity index (χ3v) is 3.95. The number of carbonyl (C=O) groups excluding carboxylic acids is 1. The van der Waals surface area contributed by atoms with Gasteiger partial charge in [-0.1, -0.05) is 61.9 Å². The van der Waals surface area contributed by atoms with Crippen LogP contribution in [0.25, 0.3) is 10.8 Å². The van der Waals surface area contributed by atoms with Crippen LogP contribution < -0.4 is 0 Å². The molecule has 110 valence electrons. The molecule has 0 radical (unpaired) electrons. The van der Waals surface area contributed by atoms with Crippen molar-refractivity contribution in [3.8, 4) is 0 Å². The predicted octanol–water partition coefficient (Wildman–Crippen LogP) is 4.81. The Hall–Kier alpha value is -2.48. The lowest BCUT2D eigenvalue weighted by atomic mass is 9.98. The molecule has 0 N–H and O–H groups in total. The van der Waals surface area contributed by atoms with E-state index in [1.807, 2.05) is 36.4 Å². The zero-order chi connectivity index (χ0) is 15.4. The molecule has 0 bridgehead atoms. The maximum Gasteiger partial charge on any atom is 0.195 e. The van der Waals surface area contributed by atoms with E-state index in [-0.39, 0.29) is 5.78 Å². The minimum absolute atomic E-state index is 0.0336. The first-order valence-corrected chi connectivity index (χ1v) is 7.76. The quantitative estimate of drug-likeness (QED) is 0.631. The lowest BCUT2D eigenvalue weighted by Gasteiger charge is -2.06. The van der Waals surface area contributed by atoms with Gasteiger partial charge in [-0.2, -0.15) is 0 Å². The van der Waals surface area contributed by atoms with Gasteiger partial charge in [-0.25, -0.2) is 0 Å². The van der Waals surface area contributed by atoms with Crippen LogP contribution in [-0.2, 0) is 6.42 Å². The maximum absolute atomic E-state index is 12.7. The maximum atomic E-state index is 12.7. The molecule has 0 saturated carbocycles. The van der Waals surface area contributed by atoms with Crippen LogP contribution in [0.1, 0.15) is 41.3 Å². The van der Waals surface area contributed by atoms with Crippen molar-refractivity contribution in [2.45, 2.75) is 26.2 Å². The monoisotopic (exact) mass is 289 g/mol. The Morgan fingerprint density at radius 2 is 1.77 bits per heavy atom. The highest BCUT2D eigenvalue weighted by molar-refractivity contribution is 6.16. The van der Waals surface area contributed by atoms with Crippen LogP contribution >= 0.6 is 0 Å². The molecule has 1 aromatic heterocycles. The van der Waals surface area contributed by atoms with Gasteiger partial charge in [0.1, 0.15) is 0 Å². The molecule has 22 heavy (non-hydrogen) atoms. The zero-order valence-corrected chi connectivity index (χ0v) is 12.8. The van der Waals surface area contributed by atoms with E-state index in [0.29, 0.717) is 5.56 Å². The van der Waals surface area contributed by atoms with Crippen LogP contribution in [0.4, 0.5) is 0 Å². The molecule has 1 heterocycles. The second-order valence-electron chi connectivity index (χ2n) is 5.54. The third-order valence-electron chi connectivity index (χ3n) is 3.95. The van der Waals surface area contributed by atoms with Crippen molar-refractivity contribution >= 4 is 16.6 Å². The van der Waals surface area contributed by atoms with Crippen LogP contribution in [-0.4, -0.2) is 10.8 Å². The van der Waals surface area contributed by atoms with E-state index in [2.05, 4.69) is 24.0 Å². The predicted molar refractivity (Wildman–Crippen MR) is 90.2 cm³/mol. The lowest BCUT2D eigenvalue weighted by molar-refractivity contribution is 0.104. The van der Waals surface area contributed by atoms with Crippen LogP contribution in [0.3, 0.4) is 0 Å². The normalized spacial score (nSPS) is 10.8. The summed E-state index contributed by atoms with van der Waals surface area (Å²) < 4.78 is 0. The Labute approximate surface area is 130 Å². The summed E-state index contributed by atoms with van der Waals surface area (Å²) in [4.78, 5) is 16.9. The first kappa shape index (κ1) is 14.5. The van der Waals surface area contributed by atoms with E-state index in [4.69, 9.17) is 0 Å². The number of rotatable bonds is 5. The van der Waals surface area contributed by atoms with Crippen molar-refractivity contribution in [1.29, 1.82) is 0 Å². The molecule has 0 fully saturated rings. The Morgan fingerprint density at radius 1 is 1.00 bits per heavy atom. The third kappa shape index (κ3) is 2.91. The molecule has 2 aromatic carbocycles. The van der Waals surface area contributed by atoms with Gasteiger partial charge in [0.2, 0.25) is 0 Å². The van der Waals surface area contributed by atoms with Gasteiger partial charge < -0.3 is 0 Å². The van der Waals surface area contributed by atoms with Gasteiger partial charge in [-0.3, -0.25) is 9.78 Å². The molecular formula is C20H19NO. The molecule has 0 aliphatic carbocycles. The summed E-state index contributed by atoms with van der Waals surface area (Å²) in [6.45, 7) is 2.19. The van der Waals surface area contributed by atoms with Crippen molar-refractivity contribution in [1.82, 2.24) is 4.98 Å². The standard InChI is InChI=1S/C20H19NO/c1-2-3-6-15-9-11-16(12-10-15)20(22)19-14-21-13-17-7-4-5-8-18(17)19/h4-5,7-14H,2-3,6H2,1H3. The van der Waals surface area contributed by atoms with Crippen LogP contribution in [0.15, 0.2) is 60.9 Å². The summed E-state index contributed by atoms with van der Waals surface area (Å²) in [6, 6.07) is 15.8. The van der Waals surface area contributed by atoms with Gasteiger partial charge in [-0.15, -0.1) is 0 Å². The number of fused-ring (bicyclic) bond motifs is 1. The number of aryl methyl sites for hydroxylation is 1. The average Bonchev–Trinajstić information content (AvgIpc) is 2.59. The Balaban J connectivity index is 1.92. The van der Waals surface area contributed by atoms with E-state index >= 15 is 0 Å². The van der Waals surface area contributed by atoms with Crippen molar-refractivity contribution in [2.75, 3.05) is 0 Å². The molecule has 2 nitrogen and oxygen atoms in total. The van der Waals surface area contributed by atoms with Crippen LogP contribution in [0.5, 0.6) is 0 Å². The molecule has 3 aromatic rings. The van der Waals surface area contributed by atoms with E-state index < -0.39 is 0 Å². The second kappa shape index (κ2) is 6.52. The summed E-state index contributed by atoms with van der Waals surface area (Å²) in [6.07, 6.45) is 6.89. The molecule has 0 spiro atoms. The number of carbonyl (C=O) groups is 1. The summed E-state index contributed by atoms with van der Waals surface area (Å²) in [5.74, 6) is 0.0336. The van der Waals surface area contributed by atoms with Gasteiger partial charge in [0.15, 0.2) is 5.78 Å². The minimum atomic E-state index is 0.0336.